The zero-order valence-corrected chi connectivity index (χ0v) is 12.2. The van der Waals surface area contributed by atoms with E-state index < -0.39 is 0 Å². The average molecular weight is 267 g/mol. The Hall–Kier alpha value is -0.940. The molecule has 19 heavy (non-hydrogen) atoms. The Balaban J connectivity index is 2.15. The van der Waals surface area contributed by atoms with Crippen molar-refractivity contribution in [1.29, 1.82) is 0 Å². The second-order valence-corrected chi connectivity index (χ2v) is 5.49. The lowest BCUT2D eigenvalue weighted by Crippen LogP contribution is -2.36. The minimum Gasteiger partial charge on any atom is -0.367 e. The third-order valence-electron chi connectivity index (χ3n) is 3.84. The van der Waals surface area contributed by atoms with Crippen molar-refractivity contribution >= 4 is 0 Å². The standard InChI is InChI=1S/C14H25N3O2/c1-4-18-14(8-5-6-11(2)10-14)13-16-12(19-17-13)7-9-15-3/h11,15H,4-10H2,1-3H3. The summed E-state index contributed by atoms with van der Waals surface area (Å²) in [5.74, 6) is 2.09. The summed E-state index contributed by atoms with van der Waals surface area (Å²) in [6.45, 7) is 5.84. The van der Waals surface area contributed by atoms with Crippen molar-refractivity contribution in [2.45, 2.75) is 51.6 Å². The monoisotopic (exact) mass is 267 g/mol. The van der Waals surface area contributed by atoms with Crippen LogP contribution in [0.15, 0.2) is 4.52 Å². The Morgan fingerprint density at radius 2 is 2.37 bits per heavy atom. The van der Waals surface area contributed by atoms with Crippen LogP contribution in [-0.4, -0.2) is 30.3 Å². The van der Waals surface area contributed by atoms with E-state index in [1.54, 1.807) is 0 Å². The quantitative estimate of drug-likeness (QED) is 0.856. The zero-order valence-electron chi connectivity index (χ0n) is 12.2. The van der Waals surface area contributed by atoms with Crippen molar-refractivity contribution < 1.29 is 9.26 Å². The molecular formula is C14H25N3O2. The first-order valence-electron chi connectivity index (χ1n) is 7.32. The lowest BCUT2D eigenvalue weighted by atomic mass is 9.78. The summed E-state index contributed by atoms with van der Waals surface area (Å²) in [4.78, 5) is 4.55. The van der Waals surface area contributed by atoms with E-state index in [0.29, 0.717) is 18.4 Å². The third kappa shape index (κ3) is 3.34. The van der Waals surface area contributed by atoms with Crippen LogP contribution in [0.3, 0.4) is 0 Å². The molecular weight excluding hydrogens is 242 g/mol. The Morgan fingerprint density at radius 3 is 3.05 bits per heavy atom. The van der Waals surface area contributed by atoms with Crippen LogP contribution in [0, 0.1) is 5.92 Å². The van der Waals surface area contributed by atoms with Gasteiger partial charge in [-0.1, -0.05) is 18.5 Å². The Bertz CT molecular complexity index is 390. The molecule has 0 spiro atoms. The number of nitrogens with zero attached hydrogens (tertiary/aromatic N) is 2. The molecule has 0 radical (unpaired) electrons. The fourth-order valence-electron chi connectivity index (χ4n) is 2.95. The van der Waals surface area contributed by atoms with E-state index in [2.05, 4.69) is 22.4 Å². The van der Waals surface area contributed by atoms with Crippen molar-refractivity contribution in [1.82, 2.24) is 15.5 Å². The van der Waals surface area contributed by atoms with Gasteiger partial charge < -0.3 is 14.6 Å². The fourth-order valence-corrected chi connectivity index (χ4v) is 2.95. The van der Waals surface area contributed by atoms with Gasteiger partial charge >= 0.3 is 0 Å². The van der Waals surface area contributed by atoms with E-state index in [4.69, 9.17) is 9.26 Å². The maximum atomic E-state index is 6.04. The van der Waals surface area contributed by atoms with Gasteiger partial charge in [0.1, 0.15) is 5.60 Å². The van der Waals surface area contributed by atoms with Gasteiger partial charge in [-0.15, -0.1) is 0 Å². The molecule has 5 heteroatoms. The van der Waals surface area contributed by atoms with E-state index in [0.717, 1.165) is 31.6 Å². The summed E-state index contributed by atoms with van der Waals surface area (Å²) in [5, 5.41) is 7.27. The van der Waals surface area contributed by atoms with Crippen molar-refractivity contribution in [2.24, 2.45) is 5.92 Å². The predicted octanol–water partition coefficient (Wildman–Crippen LogP) is 2.27. The molecule has 1 aliphatic rings. The summed E-state index contributed by atoms with van der Waals surface area (Å²) in [5.41, 5.74) is -0.326. The summed E-state index contributed by atoms with van der Waals surface area (Å²) in [6, 6.07) is 0. The molecule has 0 aromatic carbocycles. The number of nitrogens with one attached hydrogen (secondary N) is 1. The first-order chi connectivity index (χ1) is 9.20. The molecule has 1 aromatic heterocycles. The van der Waals surface area contributed by atoms with Gasteiger partial charge in [-0.25, -0.2) is 0 Å². The van der Waals surface area contributed by atoms with Crippen molar-refractivity contribution in [3.63, 3.8) is 0 Å². The summed E-state index contributed by atoms with van der Waals surface area (Å²) < 4.78 is 11.4. The van der Waals surface area contributed by atoms with Gasteiger partial charge in [0.25, 0.3) is 0 Å². The predicted molar refractivity (Wildman–Crippen MR) is 72.9 cm³/mol. The van der Waals surface area contributed by atoms with Crippen molar-refractivity contribution in [3.8, 4) is 0 Å². The van der Waals surface area contributed by atoms with Crippen molar-refractivity contribution in [2.75, 3.05) is 20.2 Å². The molecule has 1 N–H and O–H groups in total. The summed E-state index contributed by atoms with van der Waals surface area (Å²) >= 11 is 0. The van der Waals surface area contributed by atoms with Crippen LogP contribution in [0.2, 0.25) is 0 Å². The highest BCUT2D eigenvalue weighted by Crippen LogP contribution is 2.41. The van der Waals surface area contributed by atoms with E-state index >= 15 is 0 Å². The molecule has 0 amide bonds. The lowest BCUT2D eigenvalue weighted by Gasteiger charge is -2.37. The highest BCUT2D eigenvalue weighted by atomic mass is 16.5. The molecule has 108 valence electrons. The van der Waals surface area contributed by atoms with E-state index in [9.17, 15) is 0 Å². The van der Waals surface area contributed by atoms with Gasteiger partial charge in [-0.05, 0) is 39.2 Å². The Labute approximate surface area is 115 Å². The minimum absolute atomic E-state index is 0.326. The second kappa shape index (κ2) is 6.48. The molecule has 0 saturated heterocycles. The number of likely N-dealkylation sites (N-methyl/N-ethyl adjacent to an activating group) is 1. The lowest BCUT2D eigenvalue weighted by molar-refractivity contribution is -0.0891. The molecule has 1 saturated carbocycles. The molecule has 1 aromatic rings. The molecule has 1 fully saturated rings. The molecule has 2 unspecified atom stereocenters. The molecule has 1 aliphatic carbocycles. The van der Waals surface area contributed by atoms with Gasteiger partial charge in [-0.3, -0.25) is 0 Å². The first-order valence-corrected chi connectivity index (χ1v) is 7.32. The first kappa shape index (κ1) is 14.5. The Morgan fingerprint density at radius 1 is 1.53 bits per heavy atom. The van der Waals surface area contributed by atoms with E-state index in [-0.39, 0.29) is 5.60 Å². The highest BCUT2D eigenvalue weighted by Gasteiger charge is 2.41. The highest BCUT2D eigenvalue weighted by molar-refractivity contribution is 5.04. The zero-order chi connectivity index (χ0) is 13.7. The van der Waals surface area contributed by atoms with E-state index in [1.165, 1.54) is 12.8 Å². The number of aromatic nitrogens is 2. The molecule has 1 heterocycles. The fraction of sp³-hybridized carbons (Fsp3) is 0.857. The Kier molecular flexibility index (Phi) is 4.93. The normalized spacial score (nSPS) is 27.6. The minimum atomic E-state index is -0.326. The average Bonchev–Trinajstić information content (AvgIpc) is 2.86. The van der Waals surface area contributed by atoms with Crippen LogP contribution in [0.25, 0.3) is 0 Å². The van der Waals surface area contributed by atoms with Gasteiger partial charge in [0.2, 0.25) is 11.7 Å². The van der Waals surface area contributed by atoms with Crippen LogP contribution in [-0.2, 0) is 16.8 Å². The molecule has 0 bridgehead atoms. The SMILES string of the molecule is CCOC1(c2noc(CCNC)n2)CCCC(C)C1. The second-order valence-electron chi connectivity index (χ2n) is 5.49. The van der Waals surface area contributed by atoms with Gasteiger partial charge in [0.15, 0.2) is 0 Å². The summed E-state index contributed by atoms with van der Waals surface area (Å²) in [6.07, 6.45) is 5.18. The molecule has 2 atom stereocenters. The van der Waals surface area contributed by atoms with Crippen LogP contribution >= 0.6 is 0 Å². The van der Waals surface area contributed by atoms with Crippen LogP contribution in [0.4, 0.5) is 0 Å². The third-order valence-corrected chi connectivity index (χ3v) is 3.84. The van der Waals surface area contributed by atoms with Gasteiger partial charge in [-0.2, -0.15) is 4.98 Å². The van der Waals surface area contributed by atoms with Crippen LogP contribution in [0.5, 0.6) is 0 Å². The van der Waals surface area contributed by atoms with Crippen LogP contribution < -0.4 is 5.32 Å². The number of rotatable bonds is 6. The van der Waals surface area contributed by atoms with Gasteiger partial charge in [0.05, 0.1) is 0 Å². The largest absolute Gasteiger partial charge is 0.367 e. The van der Waals surface area contributed by atoms with Crippen molar-refractivity contribution in [3.05, 3.63) is 11.7 Å². The van der Waals surface area contributed by atoms with E-state index in [1.807, 2.05) is 14.0 Å². The molecule has 2 rings (SSSR count). The van der Waals surface area contributed by atoms with Crippen LogP contribution in [0.1, 0.15) is 51.2 Å². The maximum absolute atomic E-state index is 6.04. The summed E-state index contributed by atoms with van der Waals surface area (Å²) in [7, 11) is 1.92. The number of hydrogen-bond donors (Lipinski definition) is 1. The topological polar surface area (TPSA) is 60.2 Å². The molecule has 5 nitrogen and oxygen atoms in total. The smallest absolute Gasteiger partial charge is 0.228 e. The number of hydrogen-bond acceptors (Lipinski definition) is 5. The van der Waals surface area contributed by atoms with Gasteiger partial charge in [0, 0.05) is 19.6 Å². The maximum Gasteiger partial charge on any atom is 0.228 e. The molecule has 0 aliphatic heterocycles. The number of ether oxygens (including phenoxy) is 1.